The number of alkyl halides is 3. The van der Waals surface area contributed by atoms with Crippen LogP contribution in [0.25, 0.3) is 0 Å². The fraction of sp³-hybridized carbons (Fsp3) is 0.294. The molecule has 9 heteroatoms. The van der Waals surface area contributed by atoms with Gasteiger partial charge in [0.2, 0.25) is 0 Å². The third-order valence-corrected chi connectivity index (χ3v) is 3.78. The van der Waals surface area contributed by atoms with Gasteiger partial charge in [0, 0.05) is 26.8 Å². The average molecular weight is 385 g/mol. The summed E-state index contributed by atoms with van der Waals surface area (Å²) in [4.78, 5) is 3.71. The molecular weight excluding hydrogens is 367 g/mol. The Labute approximate surface area is 154 Å². The number of anilines is 1. The van der Waals surface area contributed by atoms with Gasteiger partial charge in [0.25, 0.3) is 5.91 Å². The molecular formula is C17H18F3N3O2S. The van der Waals surface area contributed by atoms with E-state index in [1.165, 1.54) is 20.3 Å². The van der Waals surface area contributed by atoms with Crippen molar-refractivity contribution < 1.29 is 22.6 Å². The van der Waals surface area contributed by atoms with Crippen LogP contribution in [0, 0.1) is 0 Å². The minimum atomic E-state index is -4.44. The summed E-state index contributed by atoms with van der Waals surface area (Å²) in [5.74, 6) is -1.08. The maximum atomic E-state index is 12.6. The second-order valence-corrected chi connectivity index (χ2v) is 5.74. The van der Waals surface area contributed by atoms with Crippen LogP contribution < -0.4 is 10.6 Å². The van der Waals surface area contributed by atoms with Gasteiger partial charge in [-0.3, -0.25) is 0 Å². The molecule has 0 radical (unpaired) electrons. The number of thiocarbonyl (C=S) groups is 1. The van der Waals surface area contributed by atoms with Crippen LogP contribution in [-0.4, -0.2) is 30.2 Å². The third-order valence-electron chi connectivity index (χ3n) is 3.58. The summed E-state index contributed by atoms with van der Waals surface area (Å²) in [6, 6.07) is 11.6. The smallest absolute Gasteiger partial charge is 0.336 e. The Balaban J connectivity index is 2.05. The van der Waals surface area contributed by atoms with E-state index in [0.717, 1.165) is 17.8 Å². The van der Waals surface area contributed by atoms with Crippen molar-refractivity contribution in [2.75, 3.05) is 19.5 Å². The van der Waals surface area contributed by atoms with E-state index in [1.807, 2.05) is 30.3 Å². The molecule has 0 atom stereocenters. The molecule has 2 rings (SSSR count). The molecule has 0 spiro atoms. The van der Waals surface area contributed by atoms with E-state index >= 15 is 0 Å². The zero-order valence-corrected chi connectivity index (χ0v) is 14.9. The van der Waals surface area contributed by atoms with Crippen LogP contribution in [0.5, 0.6) is 0 Å². The van der Waals surface area contributed by atoms with Crippen LogP contribution in [-0.2, 0) is 22.1 Å². The number of hydrogen-bond acceptors (Lipinski definition) is 4. The Morgan fingerprint density at radius 3 is 2.23 bits per heavy atom. The highest BCUT2D eigenvalue weighted by molar-refractivity contribution is 7.80. The van der Waals surface area contributed by atoms with Crippen molar-refractivity contribution in [3.8, 4) is 0 Å². The van der Waals surface area contributed by atoms with Crippen LogP contribution in [0.1, 0.15) is 11.1 Å². The quantitative estimate of drug-likeness (QED) is 0.586. The minimum absolute atomic E-state index is 0.0943. The largest absolute Gasteiger partial charge is 0.417 e. The summed E-state index contributed by atoms with van der Waals surface area (Å²) in [6.07, 6.45) is -3.36. The van der Waals surface area contributed by atoms with Crippen molar-refractivity contribution in [1.29, 1.82) is 0 Å². The second kappa shape index (κ2) is 8.43. The van der Waals surface area contributed by atoms with Gasteiger partial charge in [0.05, 0.1) is 5.56 Å². The van der Waals surface area contributed by atoms with E-state index in [4.69, 9.17) is 21.7 Å². The summed E-state index contributed by atoms with van der Waals surface area (Å²) < 4.78 is 48.6. The zero-order chi connectivity index (χ0) is 19.2. The van der Waals surface area contributed by atoms with Gasteiger partial charge in [-0.15, -0.1) is 0 Å². The number of halogens is 3. The van der Waals surface area contributed by atoms with Gasteiger partial charge in [0.1, 0.15) is 5.82 Å². The van der Waals surface area contributed by atoms with Gasteiger partial charge in [-0.1, -0.05) is 30.3 Å². The maximum absolute atomic E-state index is 12.6. The first-order valence-electron chi connectivity index (χ1n) is 7.54. The summed E-state index contributed by atoms with van der Waals surface area (Å²) in [5, 5.41) is 5.69. The molecule has 0 aliphatic carbocycles. The predicted octanol–water partition coefficient (Wildman–Crippen LogP) is 3.58. The number of benzene rings is 1. The number of ether oxygens (including phenoxy) is 2. The standard InChI is InChI=1S/C17H18F3N3O2S/c1-24-16(25-2,10-12-6-4-3-5-7-12)23-15(26)22-14-9-8-13(11-21-14)17(18,19)20/h3-9,11H,10H2,1-2H3,(H2,21,22,23,26). The summed E-state index contributed by atoms with van der Waals surface area (Å²) >= 11 is 5.19. The molecule has 140 valence electrons. The lowest BCUT2D eigenvalue weighted by atomic mass is 10.1. The first-order valence-corrected chi connectivity index (χ1v) is 7.95. The molecule has 0 fully saturated rings. The van der Waals surface area contributed by atoms with E-state index < -0.39 is 17.7 Å². The number of methoxy groups -OCH3 is 2. The Hall–Kier alpha value is -2.23. The average Bonchev–Trinajstić information content (AvgIpc) is 2.61. The molecule has 1 heterocycles. The molecule has 0 saturated carbocycles. The first-order chi connectivity index (χ1) is 12.3. The molecule has 2 N–H and O–H groups in total. The molecule has 0 aliphatic rings. The minimum Gasteiger partial charge on any atom is -0.336 e. The SMILES string of the molecule is COC(Cc1ccccc1)(NC(=S)Nc1ccc(C(F)(F)F)cn1)OC. The number of nitrogens with zero attached hydrogens (tertiary/aromatic N) is 1. The molecule has 26 heavy (non-hydrogen) atoms. The molecule has 2 aromatic rings. The number of hydrogen-bond donors (Lipinski definition) is 2. The van der Waals surface area contributed by atoms with E-state index in [0.29, 0.717) is 6.42 Å². The number of rotatable bonds is 6. The Morgan fingerprint density at radius 1 is 1.08 bits per heavy atom. The molecule has 0 aliphatic heterocycles. The molecule has 0 amide bonds. The van der Waals surface area contributed by atoms with Gasteiger partial charge in [0.15, 0.2) is 5.11 Å². The summed E-state index contributed by atoms with van der Waals surface area (Å²) in [5.41, 5.74) is 0.105. The monoisotopic (exact) mass is 385 g/mol. The van der Waals surface area contributed by atoms with Crippen molar-refractivity contribution in [2.24, 2.45) is 0 Å². The predicted molar refractivity (Wildman–Crippen MR) is 95.5 cm³/mol. The molecule has 1 aromatic heterocycles. The van der Waals surface area contributed by atoms with Crippen molar-refractivity contribution >= 4 is 23.1 Å². The van der Waals surface area contributed by atoms with E-state index in [-0.39, 0.29) is 10.9 Å². The van der Waals surface area contributed by atoms with Crippen molar-refractivity contribution in [3.05, 3.63) is 59.8 Å². The third kappa shape index (κ3) is 5.38. The van der Waals surface area contributed by atoms with Crippen molar-refractivity contribution in [2.45, 2.75) is 18.5 Å². The first kappa shape index (κ1) is 20.1. The lowest BCUT2D eigenvalue weighted by Gasteiger charge is -2.32. The van der Waals surface area contributed by atoms with Crippen molar-refractivity contribution in [1.82, 2.24) is 10.3 Å². The number of nitrogens with one attached hydrogen (secondary N) is 2. The highest BCUT2D eigenvalue weighted by Crippen LogP contribution is 2.28. The summed E-state index contributed by atoms with van der Waals surface area (Å²) in [6.45, 7) is 0. The molecule has 0 unspecified atom stereocenters. The van der Waals surface area contributed by atoms with Crippen LogP contribution in [0.3, 0.4) is 0 Å². The van der Waals surface area contributed by atoms with E-state index in [9.17, 15) is 13.2 Å². The topological polar surface area (TPSA) is 55.4 Å². The van der Waals surface area contributed by atoms with Gasteiger partial charge < -0.3 is 20.1 Å². The fourth-order valence-corrected chi connectivity index (χ4v) is 2.45. The molecule has 5 nitrogen and oxygen atoms in total. The van der Waals surface area contributed by atoms with Crippen LogP contribution in [0.4, 0.5) is 19.0 Å². The maximum Gasteiger partial charge on any atom is 0.417 e. The van der Waals surface area contributed by atoms with Crippen LogP contribution in [0.2, 0.25) is 0 Å². The number of pyridine rings is 1. The Bertz CT molecular complexity index is 720. The second-order valence-electron chi connectivity index (χ2n) is 5.33. The van der Waals surface area contributed by atoms with E-state index in [1.54, 1.807) is 0 Å². The van der Waals surface area contributed by atoms with Gasteiger partial charge in [-0.25, -0.2) is 4.98 Å². The number of aromatic nitrogens is 1. The highest BCUT2D eigenvalue weighted by Gasteiger charge is 2.32. The van der Waals surface area contributed by atoms with Crippen molar-refractivity contribution in [3.63, 3.8) is 0 Å². The van der Waals surface area contributed by atoms with Crippen LogP contribution >= 0.6 is 12.2 Å². The van der Waals surface area contributed by atoms with Gasteiger partial charge in [-0.2, -0.15) is 13.2 Å². The fourth-order valence-electron chi connectivity index (χ4n) is 2.19. The highest BCUT2D eigenvalue weighted by atomic mass is 32.1. The van der Waals surface area contributed by atoms with Gasteiger partial charge >= 0.3 is 6.18 Å². The molecule has 0 saturated heterocycles. The normalized spacial score (nSPS) is 11.9. The zero-order valence-electron chi connectivity index (χ0n) is 14.1. The lowest BCUT2D eigenvalue weighted by Crippen LogP contribution is -2.54. The Morgan fingerprint density at radius 2 is 1.73 bits per heavy atom. The lowest BCUT2D eigenvalue weighted by molar-refractivity contribution is -0.215. The molecule has 0 bridgehead atoms. The molecule has 1 aromatic carbocycles. The van der Waals surface area contributed by atoms with Crippen LogP contribution in [0.15, 0.2) is 48.7 Å². The Kier molecular flexibility index (Phi) is 6.52. The van der Waals surface area contributed by atoms with Gasteiger partial charge in [-0.05, 0) is 29.9 Å². The summed E-state index contributed by atoms with van der Waals surface area (Å²) in [7, 11) is 2.91. The van der Waals surface area contributed by atoms with E-state index in [2.05, 4.69) is 15.6 Å².